The summed E-state index contributed by atoms with van der Waals surface area (Å²) in [6.45, 7) is 1.73. The largest absolute Gasteiger partial charge is 0.460 e. The van der Waals surface area contributed by atoms with Crippen molar-refractivity contribution < 1.29 is 28.2 Å². The van der Waals surface area contributed by atoms with Crippen molar-refractivity contribution in [3.8, 4) is 0 Å². The Morgan fingerprint density at radius 1 is 1.40 bits per heavy atom. The molecule has 0 amide bonds. The van der Waals surface area contributed by atoms with Crippen LogP contribution in [0.4, 0.5) is 10.2 Å². The van der Waals surface area contributed by atoms with Gasteiger partial charge in [0.15, 0.2) is 30.4 Å². The highest BCUT2D eigenvalue weighted by molar-refractivity contribution is 5.81. The summed E-state index contributed by atoms with van der Waals surface area (Å²) in [6.07, 6.45) is 0.238. The minimum Gasteiger partial charge on any atom is -0.460 e. The van der Waals surface area contributed by atoms with Crippen LogP contribution in [-0.2, 0) is 23.8 Å². The van der Waals surface area contributed by atoms with Gasteiger partial charge in [-0.2, -0.15) is 0 Å². The van der Waals surface area contributed by atoms with Crippen molar-refractivity contribution in [1.82, 2.24) is 19.5 Å². The van der Waals surface area contributed by atoms with Gasteiger partial charge < -0.3 is 19.9 Å². The number of imidazole rings is 1. The zero-order chi connectivity index (χ0) is 18.2. The van der Waals surface area contributed by atoms with Gasteiger partial charge in [-0.1, -0.05) is 0 Å². The van der Waals surface area contributed by atoms with Gasteiger partial charge in [-0.25, -0.2) is 19.3 Å². The van der Waals surface area contributed by atoms with Gasteiger partial charge in [0.25, 0.3) is 0 Å². The molecule has 0 spiro atoms. The van der Waals surface area contributed by atoms with Crippen LogP contribution >= 0.6 is 0 Å². The second-order valence-corrected chi connectivity index (χ2v) is 5.61. The predicted molar refractivity (Wildman–Crippen MR) is 80.5 cm³/mol. The maximum atomic E-state index is 14.9. The number of halogens is 1. The number of hydrogen-bond acceptors (Lipinski definition) is 9. The third-order valence-electron chi connectivity index (χ3n) is 3.63. The molecule has 2 N–H and O–H groups in total. The molecule has 0 aliphatic carbocycles. The Morgan fingerprint density at radius 2 is 2.16 bits per heavy atom. The van der Waals surface area contributed by atoms with Crippen LogP contribution in [-0.4, -0.2) is 50.0 Å². The van der Waals surface area contributed by atoms with Crippen molar-refractivity contribution in [2.45, 2.75) is 38.5 Å². The molecule has 0 saturated carbocycles. The van der Waals surface area contributed by atoms with Gasteiger partial charge in [0.05, 0.1) is 12.7 Å². The Bertz CT molecular complexity index is 827. The molecule has 3 heterocycles. The van der Waals surface area contributed by atoms with E-state index in [9.17, 15) is 14.0 Å². The summed E-state index contributed by atoms with van der Waals surface area (Å²) in [4.78, 5) is 34.3. The molecule has 0 aromatic carbocycles. The highest BCUT2D eigenvalue weighted by atomic mass is 19.2. The molecule has 25 heavy (non-hydrogen) atoms. The first-order chi connectivity index (χ1) is 11.8. The fourth-order valence-electron chi connectivity index (χ4n) is 2.65. The number of nitrogen functional groups attached to an aromatic ring is 1. The second kappa shape index (κ2) is 6.24. The molecule has 3 atom stereocenters. The number of esters is 2. The highest BCUT2D eigenvalue weighted by Gasteiger charge is 2.51. The Kier molecular flexibility index (Phi) is 4.25. The van der Waals surface area contributed by atoms with Crippen LogP contribution in [0.1, 0.15) is 26.5 Å². The Hall–Kier alpha value is -2.82. The van der Waals surface area contributed by atoms with Gasteiger partial charge in [-0.3, -0.25) is 14.2 Å². The van der Waals surface area contributed by atoms with Gasteiger partial charge in [-0.15, -0.1) is 0 Å². The summed E-state index contributed by atoms with van der Waals surface area (Å²) < 4.78 is 31.6. The number of nitrogens with zero attached hydrogens (tertiary/aromatic N) is 4. The van der Waals surface area contributed by atoms with Gasteiger partial charge in [0, 0.05) is 13.8 Å². The summed E-state index contributed by atoms with van der Waals surface area (Å²) in [5.41, 5.74) is 6.34. The number of ether oxygens (including phenoxy) is 3. The Balaban J connectivity index is 1.94. The Morgan fingerprint density at radius 3 is 2.84 bits per heavy atom. The van der Waals surface area contributed by atoms with Crippen molar-refractivity contribution in [3.05, 3.63) is 12.7 Å². The van der Waals surface area contributed by atoms with E-state index in [1.54, 1.807) is 0 Å². The lowest BCUT2D eigenvalue weighted by Gasteiger charge is -2.21. The molecule has 1 aliphatic rings. The van der Waals surface area contributed by atoms with Crippen LogP contribution in [0.25, 0.3) is 11.2 Å². The summed E-state index contributed by atoms with van der Waals surface area (Å²) in [7, 11) is 0. The number of alkyl halides is 1. The van der Waals surface area contributed by atoms with Crippen molar-refractivity contribution in [2.24, 2.45) is 0 Å². The van der Waals surface area contributed by atoms with E-state index < -0.39 is 36.7 Å². The average Bonchev–Trinajstić information content (AvgIpc) is 3.07. The Labute approximate surface area is 141 Å². The first-order valence-corrected chi connectivity index (χ1v) is 7.39. The smallest absolute Gasteiger partial charge is 0.303 e. The molecule has 3 rings (SSSR count). The molecule has 1 fully saturated rings. The SMILES string of the molecule is CC(=O)OC[C@@]1(F)C[C@@H](OC(C)=O)[C@H](n2cnc3c(N)ncnc32)O1. The van der Waals surface area contributed by atoms with Crippen molar-refractivity contribution >= 4 is 28.9 Å². The first kappa shape index (κ1) is 17.0. The van der Waals surface area contributed by atoms with Crippen molar-refractivity contribution in [2.75, 3.05) is 12.3 Å². The second-order valence-electron chi connectivity index (χ2n) is 5.61. The van der Waals surface area contributed by atoms with E-state index in [2.05, 4.69) is 15.0 Å². The molecule has 2 aromatic heterocycles. The lowest BCUT2D eigenvalue weighted by molar-refractivity contribution is -0.194. The average molecular weight is 353 g/mol. The molecule has 134 valence electrons. The zero-order valence-electron chi connectivity index (χ0n) is 13.5. The maximum absolute atomic E-state index is 14.9. The monoisotopic (exact) mass is 353 g/mol. The normalized spacial score (nSPS) is 25.9. The summed E-state index contributed by atoms with van der Waals surface area (Å²) in [6, 6.07) is 0. The van der Waals surface area contributed by atoms with Gasteiger partial charge in [0.1, 0.15) is 11.8 Å². The van der Waals surface area contributed by atoms with Crippen LogP contribution < -0.4 is 5.73 Å². The zero-order valence-corrected chi connectivity index (χ0v) is 13.5. The summed E-state index contributed by atoms with van der Waals surface area (Å²) in [5, 5.41) is 0. The number of rotatable bonds is 4. The standard InChI is InChI=1S/C14H16FN5O5/c1-7(21)23-4-14(15)3-9(24-8(2)22)13(25-14)20-6-19-10-11(16)17-5-18-12(10)20/h5-6,9,13H,3-4H2,1-2H3,(H2,16,17,18)/t9-,13-,14-/m1/s1. The van der Waals surface area contributed by atoms with Crippen molar-refractivity contribution in [3.63, 3.8) is 0 Å². The third kappa shape index (κ3) is 3.36. The molecule has 2 aromatic rings. The predicted octanol–water partition coefficient (Wildman–Crippen LogP) is 0.488. The quantitative estimate of drug-likeness (QED) is 0.780. The number of aromatic nitrogens is 4. The van der Waals surface area contributed by atoms with E-state index in [1.807, 2.05) is 0 Å². The number of carbonyl (C=O) groups is 2. The van der Waals surface area contributed by atoms with E-state index in [0.717, 1.165) is 6.92 Å². The fourth-order valence-corrected chi connectivity index (χ4v) is 2.65. The number of anilines is 1. The summed E-state index contributed by atoms with van der Waals surface area (Å²) in [5.74, 6) is -3.42. The molecular formula is C14H16FN5O5. The van der Waals surface area contributed by atoms with E-state index >= 15 is 0 Å². The molecular weight excluding hydrogens is 337 g/mol. The molecule has 10 nitrogen and oxygen atoms in total. The molecule has 1 aliphatic heterocycles. The van der Waals surface area contributed by atoms with Crippen LogP contribution in [0, 0.1) is 0 Å². The van der Waals surface area contributed by atoms with Crippen LogP contribution in [0.5, 0.6) is 0 Å². The summed E-state index contributed by atoms with van der Waals surface area (Å²) >= 11 is 0. The molecule has 0 unspecified atom stereocenters. The van der Waals surface area contributed by atoms with Crippen LogP contribution in [0.3, 0.4) is 0 Å². The number of carbonyl (C=O) groups excluding carboxylic acids is 2. The van der Waals surface area contributed by atoms with E-state index in [4.69, 9.17) is 19.9 Å². The van der Waals surface area contributed by atoms with E-state index in [0.29, 0.717) is 11.2 Å². The number of hydrogen-bond donors (Lipinski definition) is 1. The lowest BCUT2D eigenvalue weighted by atomic mass is 10.1. The minimum atomic E-state index is -2.31. The minimum absolute atomic E-state index is 0.150. The number of fused-ring (bicyclic) bond motifs is 1. The third-order valence-corrected chi connectivity index (χ3v) is 3.63. The maximum Gasteiger partial charge on any atom is 0.303 e. The van der Waals surface area contributed by atoms with E-state index in [-0.39, 0.29) is 12.2 Å². The molecule has 1 saturated heterocycles. The van der Waals surface area contributed by atoms with Gasteiger partial charge in [-0.05, 0) is 0 Å². The fraction of sp³-hybridized carbons (Fsp3) is 0.500. The van der Waals surface area contributed by atoms with Gasteiger partial charge >= 0.3 is 11.9 Å². The highest BCUT2D eigenvalue weighted by Crippen LogP contribution is 2.41. The molecule has 0 bridgehead atoms. The van der Waals surface area contributed by atoms with Crippen LogP contribution in [0.2, 0.25) is 0 Å². The van der Waals surface area contributed by atoms with Crippen LogP contribution in [0.15, 0.2) is 12.7 Å². The number of nitrogens with two attached hydrogens (primary N) is 1. The topological polar surface area (TPSA) is 131 Å². The van der Waals surface area contributed by atoms with E-state index in [1.165, 1.54) is 24.1 Å². The molecule has 0 radical (unpaired) electrons. The van der Waals surface area contributed by atoms with Crippen molar-refractivity contribution in [1.29, 1.82) is 0 Å². The first-order valence-electron chi connectivity index (χ1n) is 7.39. The van der Waals surface area contributed by atoms with Gasteiger partial charge in [0.2, 0.25) is 5.85 Å². The molecule has 11 heteroatoms. The lowest BCUT2D eigenvalue weighted by Crippen LogP contribution is -2.30.